The number of pyridine rings is 1. The van der Waals surface area contributed by atoms with E-state index in [0.717, 1.165) is 53.5 Å². The van der Waals surface area contributed by atoms with Crippen LogP contribution in [0.4, 0.5) is 0 Å². The molecule has 0 N–H and O–H groups in total. The highest BCUT2D eigenvalue weighted by Gasteiger charge is 2.29. The molecule has 0 aliphatic heterocycles. The van der Waals surface area contributed by atoms with Crippen LogP contribution in [0.3, 0.4) is 0 Å². The number of aryl methyl sites for hydroxylation is 2. The third-order valence-electron chi connectivity index (χ3n) is 7.29. The van der Waals surface area contributed by atoms with Gasteiger partial charge in [0, 0.05) is 41.7 Å². The maximum Gasteiger partial charge on any atom is 0.254 e. The van der Waals surface area contributed by atoms with Crippen molar-refractivity contribution in [2.45, 2.75) is 52.1 Å². The predicted molar refractivity (Wildman–Crippen MR) is 149 cm³/mol. The highest BCUT2D eigenvalue weighted by atomic mass is 35.5. The maximum absolute atomic E-state index is 13.9. The monoisotopic (exact) mass is 529 g/mol. The first kappa shape index (κ1) is 25.9. The van der Waals surface area contributed by atoms with Gasteiger partial charge in [-0.1, -0.05) is 42.6 Å². The summed E-state index contributed by atoms with van der Waals surface area (Å²) in [6.07, 6.45) is 7.79. The molecule has 8 heteroatoms. The van der Waals surface area contributed by atoms with Gasteiger partial charge in [0.1, 0.15) is 5.75 Å². The molecule has 1 amide bonds. The average Bonchev–Trinajstić information content (AvgIpc) is 3.60. The van der Waals surface area contributed by atoms with Gasteiger partial charge in [-0.2, -0.15) is 5.10 Å². The minimum Gasteiger partial charge on any atom is -0.495 e. The molecule has 4 aromatic rings. The molecule has 7 nitrogen and oxygen atoms in total. The van der Waals surface area contributed by atoms with Crippen molar-refractivity contribution in [3.8, 4) is 28.5 Å². The third kappa shape index (κ3) is 5.29. The van der Waals surface area contributed by atoms with Gasteiger partial charge in [-0.15, -0.1) is 0 Å². The number of carbonyl (C=O) groups excluding carboxylic acids is 1. The third-order valence-corrected chi connectivity index (χ3v) is 7.59. The van der Waals surface area contributed by atoms with Crippen molar-refractivity contribution in [2.75, 3.05) is 13.7 Å². The normalized spacial score (nSPS) is 13.6. The Morgan fingerprint density at radius 3 is 2.42 bits per heavy atom. The van der Waals surface area contributed by atoms with Crippen LogP contribution in [-0.4, -0.2) is 50.3 Å². The van der Waals surface area contributed by atoms with E-state index in [1.807, 2.05) is 67.1 Å². The van der Waals surface area contributed by atoms with Gasteiger partial charge >= 0.3 is 0 Å². The smallest absolute Gasteiger partial charge is 0.254 e. The molecule has 5 rings (SSSR count). The lowest BCUT2D eigenvalue weighted by Crippen LogP contribution is -2.41. The Labute approximate surface area is 228 Å². The summed E-state index contributed by atoms with van der Waals surface area (Å²) in [7, 11) is 1.59. The molecule has 1 saturated carbocycles. The molecule has 0 unspecified atom stereocenters. The van der Waals surface area contributed by atoms with Gasteiger partial charge in [-0.05, 0) is 68.1 Å². The van der Waals surface area contributed by atoms with Gasteiger partial charge in [0.25, 0.3) is 5.91 Å². The molecule has 0 bridgehead atoms. The summed E-state index contributed by atoms with van der Waals surface area (Å²) in [4.78, 5) is 25.0. The van der Waals surface area contributed by atoms with Crippen LogP contribution in [0.2, 0.25) is 5.02 Å². The van der Waals surface area contributed by atoms with Gasteiger partial charge in [0.05, 0.1) is 18.7 Å². The van der Waals surface area contributed by atoms with Gasteiger partial charge in [0.2, 0.25) is 0 Å². The molecule has 0 radical (unpaired) electrons. The molecule has 2 aromatic carbocycles. The molecule has 2 aromatic heterocycles. The highest BCUT2D eigenvalue weighted by Crippen LogP contribution is 2.31. The minimum atomic E-state index is 0.0935. The highest BCUT2D eigenvalue weighted by molar-refractivity contribution is 6.32. The molecule has 1 aliphatic rings. The molecular weight excluding hydrogens is 498 g/mol. The second kappa shape index (κ2) is 11.4. The van der Waals surface area contributed by atoms with Crippen LogP contribution in [0, 0.1) is 13.8 Å². The van der Waals surface area contributed by atoms with Crippen molar-refractivity contribution in [1.29, 1.82) is 0 Å². The number of methoxy groups -OCH3 is 1. The summed E-state index contributed by atoms with van der Waals surface area (Å²) in [5.74, 6) is 1.98. The summed E-state index contributed by atoms with van der Waals surface area (Å²) < 4.78 is 7.22. The Bertz CT molecular complexity index is 1410. The number of hydrogen-bond donors (Lipinski definition) is 0. The van der Waals surface area contributed by atoms with Crippen molar-refractivity contribution in [3.05, 3.63) is 82.6 Å². The van der Waals surface area contributed by atoms with Crippen LogP contribution >= 0.6 is 11.6 Å². The first-order chi connectivity index (χ1) is 18.5. The number of aromatic nitrogens is 4. The maximum atomic E-state index is 13.9. The zero-order valence-corrected chi connectivity index (χ0v) is 22.8. The molecule has 2 heterocycles. The standard InChI is InChI=1S/C30H32ClN5O2/c1-20-7-6-8-21(2)27(20)30(37)35(24-9-4-5-10-24)17-18-36-29(23-11-12-26(38-3)25(31)19-23)33-28(34-36)22-13-15-32-16-14-22/h6-8,11-16,19,24H,4-5,9-10,17-18H2,1-3H3. The van der Waals surface area contributed by atoms with E-state index in [-0.39, 0.29) is 11.9 Å². The summed E-state index contributed by atoms with van der Waals surface area (Å²) in [6.45, 7) is 5.06. The summed E-state index contributed by atoms with van der Waals surface area (Å²) >= 11 is 6.46. The molecule has 196 valence electrons. The van der Waals surface area contributed by atoms with E-state index in [1.54, 1.807) is 19.5 Å². The van der Waals surface area contributed by atoms with Crippen LogP contribution < -0.4 is 4.74 Å². The summed E-state index contributed by atoms with van der Waals surface area (Å²) in [5, 5.41) is 5.36. The Hall–Kier alpha value is -3.71. The van der Waals surface area contributed by atoms with E-state index < -0.39 is 0 Å². The van der Waals surface area contributed by atoms with Crippen LogP contribution in [0.25, 0.3) is 22.8 Å². The van der Waals surface area contributed by atoms with E-state index in [4.69, 9.17) is 26.4 Å². The van der Waals surface area contributed by atoms with Gasteiger partial charge in [0.15, 0.2) is 11.6 Å². The number of carbonyl (C=O) groups is 1. The molecule has 0 spiro atoms. The molecule has 0 atom stereocenters. The lowest BCUT2D eigenvalue weighted by molar-refractivity contribution is 0.0670. The van der Waals surface area contributed by atoms with Crippen molar-refractivity contribution in [2.24, 2.45) is 0 Å². The van der Waals surface area contributed by atoms with Crippen molar-refractivity contribution >= 4 is 17.5 Å². The number of ether oxygens (including phenoxy) is 1. The fourth-order valence-electron chi connectivity index (χ4n) is 5.30. The van der Waals surface area contributed by atoms with Crippen molar-refractivity contribution in [1.82, 2.24) is 24.6 Å². The number of rotatable bonds is 8. The van der Waals surface area contributed by atoms with Crippen LogP contribution in [0.5, 0.6) is 5.75 Å². The fraction of sp³-hybridized carbons (Fsp3) is 0.333. The SMILES string of the molecule is COc1ccc(-c2nc(-c3ccncc3)nn2CCN(C(=O)c2c(C)cccc2C)C2CCCC2)cc1Cl. The van der Waals surface area contributed by atoms with Gasteiger partial charge < -0.3 is 9.64 Å². The number of hydrogen-bond acceptors (Lipinski definition) is 5. The summed E-state index contributed by atoms with van der Waals surface area (Å²) in [6, 6.07) is 15.6. The van der Waals surface area contributed by atoms with Crippen LogP contribution in [0.1, 0.15) is 47.2 Å². The largest absolute Gasteiger partial charge is 0.495 e. The van der Waals surface area contributed by atoms with Gasteiger partial charge in [-0.3, -0.25) is 9.78 Å². The molecule has 0 saturated heterocycles. The number of benzene rings is 2. The zero-order valence-electron chi connectivity index (χ0n) is 22.0. The number of nitrogens with zero attached hydrogens (tertiary/aromatic N) is 5. The van der Waals surface area contributed by atoms with E-state index in [2.05, 4.69) is 9.88 Å². The zero-order chi connectivity index (χ0) is 26.6. The molecule has 1 fully saturated rings. The molecule has 38 heavy (non-hydrogen) atoms. The predicted octanol–water partition coefficient (Wildman–Crippen LogP) is 6.37. The van der Waals surface area contributed by atoms with Gasteiger partial charge in [-0.25, -0.2) is 9.67 Å². The van der Waals surface area contributed by atoms with Crippen LogP contribution in [0.15, 0.2) is 60.9 Å². The van der Waals surface area contributed by atoms with E-state index in [9.17, 15) is 4.79 Å². The Morgan fingerprint density at radius 1 is 1.05 bits per heavy atom. The Balaban J connectivity index is 1.50. The van der Waals surface area contributed by atoms with Crippen molar-refractivity contribution in [3.63, 3.8) is 0 Å². The lowest BCUT2D eigenvalue weighted by Gasteiger charge is -2.30. The number of halogens is 1. The van der Waals surface area contributed by atoms with Crippen LogP contribution in [-0.2, 0) is 6.54 Å². The lowest BCUT2D eigenvalue weighted by atomic mass is 10.0. The molecular formula is C30H32ClN5O2. The van der Waals surface area contributed by atoms with E-state index >= 15 is 0 Å². The summed E-state index contributed by atoms with van der Waals surface area (Å²) in [5.41, 5.74) is 4.52. The van der Waals surface area contributed by atoms with E-state index in [1.165, 1.54) is 0 Å². The first-order valence-electron chi connectivity index (χ1n) is 13.0. The molecule has 1 aliphatic carbocycles. The second-order valence-electron chi connectivity index (χ2n) is 9.77. The Kier molecular flexibility index (Phi) is 7.74. The topological polar surface area (TPSA) is 73.1 Å². The quantitative estimate of drug-likeness (QED) is 0.265. The number of amides is 1. The minimum absolute atomic E-state index is 0.0935. The second-order valence-corrected chi connectivity index (χ2v) is 10.2. The fourth-order valence-corrected chi connectivity index (χ4v) is 5.56. The van der Waals surface area contributed by atoms with Crippen molar-refractivity contribution < 1.29 is 9.53 Å². The first-order valence-corrected chi connectivity index (χ1v) is 13.4. The average molecular weight is 530 g/mol. The van der Waals surface area contributed by atoms with E-state index in [0.29, 0.717) is 35.5 Å². The Morgan fingerprint density at radius 2 is 1.76 bits per heavy atom.